The fourth-order valence-corrected chi connectivity index (χ4v) is 1.70. The Morgan fingerprint density at radius 1 is 1.44 bits per heavy atom. The van der Waals surface area contributed by atoms with Crippen molar-refractivity contribution < 1.29 is 9.18 Å². The van der Waals surface area contributed by atoms with Crippen LogP contribution in [0.5, 0.6) is 0 Å². The molecule has 1 atom stereocenters. The van der Waals surface area contributed by atoms with Gasteiger partial charge in [0, 0.05) is 13.1 Å². The number of hydrogen-bond acceptors (Lipinski definition) is 2. The van der Waals surface area contributed by atoms with E-state index in [2.05, 4.69) is 0 Å². The number of carbonyl (C=O) groups excluding carboxylic acids is 1. The van der Waals surface area contributed by atoms with E-state index in [0.717, 1.165) is 5.56 Å². The van der Waals surface area contributed by atoms with Crippen molar-refractivity contribution in [2.45, 2.75) is 33.4 Å². The summed E-state index contributed by atoms with van der Waals surface area (Å²) in [6.45, 7) is 6.69. The van der Waals surface area contributed by atoms with Crippen molar-refractivity contribution in [3.63, 3.8) is 0 Å². The molecule has 0 heterocycles. The lowest BCUT2D eigenvalue weighted by Crippen LogP contribution is -2.46. The molecule has 0 aliphatic heterocycles. The molecule has 0 aromatic heterocycles. The third-order valence-corrected chi connectivity index (χ3v) is 2.96. The van der Waals surface area contributed by atoms with Crippen LogP contribution in [-0.2, 0) is 11.3 Å². The molecule has 0 aliphatic rings. The van der Waals surface area contributed by atoms with Crippen LogP contribution in [0.15, 0.2) is 24.3 Å². The highest BCUT2D eigenvalue weighted by Crippen LogP contribution is 2.10. The van der Waals surface area contributed by atoms with E-state index in [1.807, 2.05) is 20.8 Å². The summed E-state index contributed by atoms with van der Waals surface area (Å²) in [6.07, 6.45) is 0. The molecular weight excluding hydrogens is 231 g/mol. The molecule has 0 radical (unpaired) electrons. The summed E-state index contributed by atoms with van der Waals surface area (Å²) >= 11 is 0. The van der Waals surface area contributed by atoms with E-state index in [4.69, 9.17) is 5.73 Å². The normalized spacial score (nSPS) is 12.6. The molecule has 18 heavy (non-hydrogen) atoms. The molecule has 0 fully saturated rings. The largest absolute Gasteiger partial charge is 0.337 e. The molecule has 0 aliphatic carbocycles. The SMILES string of the molecule is CCN(Cc1cccc(F)c1)C(=O)C(N)C(C)C. The second-order valence-corrected chi connectivity index (χ2v) is 4.75. The highest BCUT2D eigenvalue weighted by Gasteiger charge is 2.22. The van der Waals surface area contributed by atoms with Gasteiger partial charge < -0.3 is 10.6 Å². The molecule has 1 aromatic rings. The first-order valence-corrected chi connectivity index (χ1v) is 6.24. The van der Waals surface area contributed by atoms with Gasteiger partial charge in [0.15, 0.2) is 0 Å². The molecule has 1 amide bonds. The lowest BCUT2D eigenvalue weighted by atomic mass is 10.0. The number of rotatable bonds is 5. The van der Waals surface area contributed by atoms with Gasteiger partial charge in [0.2, 0.25) is 5.91 Å². The molecule has 1 rings (SSSR count). The third kappa shape index (κ3) is 3.81. The van der Waals surface area contributed by atoms with Gasteiger partial charge in [-0.1, -0.05) is 26.0 Å². The van der Waals surface area contributed by atoms with Crippen LogP contribution in [0.2, 0.25) is 0 Å². The Hall–Kier alpha value is -1.42. The second kappa shape index (κ2) is 6.50. The number of carbonyl (C=O) groups is 1. The van der Waals surface area contributed by atoms with Gasteiger partial charge in [0.25, 0.3) is 0 Å². The van der Waals surface area contributed by atoms with Crippen molar-refractivity contribution >= 4 is 5.91 Å². The molecule has 1 unspecified atom stereocenters. The third-order valence-electron chi connectivity index (χ3n) is 2.96. The summed E-state index contributed by atoms with van der Waals surface area (Å²) < 4.78 is 13.1. The Kier molecular flexibility index (Phi) is 5.28. The Morgan fingerprint density at radius 3 is 2.61 bits per heavy atom. The van der Waals surface area contributed by atoms with Gasteiger partial charge in [-0.3, -0.25) is 4.79 Å². The number of halogens is 1. The van der Waals surface area contributed by atoms with E-state index >= 15 is 0 Å². The molecule has 2 N–H and O–H groups in total. The molecule has 0 bridgehead atoms. The number of benzene rings is 1. The zero-order valence-corrected chi connectivity index (χ0v) is 11.2. The zero-order valence-electron chi connectivity index (χ0n) is 11.2. The number of likely N-dealkylation sites (N-methyl/N-ethyl adjacent to an activating group) is 1. The predicted octanol–water partition coefficient (Wildman–Crippen LogP) is 2.16. The molecular formula is C14H21FN2O. The molecule has 1 aromatic carbocycles. The lowest BCUT2D eigenvalue weighted by Gasteiger charge is -2.26. The van der Waals surface area contributed by atoms with Crippen molar-refractivity contribution in [1.29, 1.82) is 0 Å². The second-order valence-electron chi connectivity index (χ2n) is 4.75. The van der Waals surface area contributed by atoms with Gasteiger partial charge in [-0.2, -0.15) is 0 Å². The quantitative estimate of drug-likeness (QED) is 0.873. The molecule has 0 saturated carbocycles. The monoisotopic (exact) mass is 252 g/mol. The summed E-state index contributed by atoms with van der Waals surface area (Å²) in [5.74, 6) is -0.278. The Balaban J connectivity index is 2.76. The van der Waals surface area contributed by atoms with Crippen molar-refractivity contribution in [3.05, 3.63) is 35.6 Å². The van der Waals surface area contributed by atoms with Crippen LogP contribution < -0.4 is 5.73 Å². The van der Waals surface area contributed by atoms with E-state index in [-0.39, 0.29) is 17.6 Å². The maximum absolute atomic E-state index is 13.1. The van der Waals surface area contributed by atoms with Gasteiger partial charge in [0.1, 0.15) is 5.82 Å². The van der Waals surface area contributed by atoms with Crippen molar-refractivity contribution in [2.24, 2.45) is 11.7 Å². The molecule has 3 nitrogen and oxygen atoms in total. The smallest absolute Gasteiger partial charge is 0.240 e. The van der Waals surface area contributed by atoms with Crippen LogP contribution in [0.3, 0.4) is 0 Å². The summed E-state index contributed by atoms with van der Waals surface area (Å²) in [5, 5.41) is 0. The summed E-state index contributed by atoms with van der Waals surface area (Å²) in [6, 6.07) is 5.78. The van der Waals surface area contributed by atoms with E-state index in [0.29, 0.717) is 13.1 Å². The van der Waals surface area contributed by atoms with E-state index in [1.165, 1.54) is 12.1 Å². The Morgan fingerprint density at radius 2 is 2.11 bits per heavy atom. The van der Waals surface area contributed by atoms with Crippen LogP contribution in [-0.4, -0.2) is 23.4 Å². The molecule has 4 heteroatoms. The van der Waals surface area contributed by atoms with Crippen LogP contribution in [0, 0.1) is 11.7 Å². The summed E-state index contributed by atoms with van der Waals surface area (Å²) in [5.41, 5.74) is 6.63. The minimum atomic E-state index is -0.501. The van der Waals surface area contributed by atoms with Crippen molar-refractivity contribution in [1.82, 2.24) is 4.90 Å². The van der Waals surface area contributed by atoms with Crippen LogP contribution in [0.25, 0.3) is 0 Å². The van der Waals surface area contributed by atoms with Crippen LogP contribution in [0.4, 0.5) is 4.39 Å². The van der Waals surface area contributed by atoms with Crippen molar-refractivity contribution in [3.8, 4) is 0 Å². The fourth-order valence-electron chi connectivity index (χ4n) is 1.70. The maximum atomic E-state index is 13.1. The van der Waals surface area contributed by atoms with Gasteiger partial charge >= 0.3 is 0 Å². The lowest BCUT2D eigenvalue weighted by molar-refractivity contribution is -0.134. The Bertz CT molecular complexity index is 407. The van der Waals surface area contributed by atoms with Gasteiger partial charge in [-0.25, -0.2) is 4.39 Å². The molecule has 0 saturated heterocycles. The number of amides is 1. The van der Waals surface area contributed by atoms with E-state index in [1.54, 1.807) is 17.0 Å². The fraction of sp³-hybridized carbons (Fsp3) is 0.500. The average molecular weight is 252 g/mol. The minimum Gasteiger partial charge on any atom is -0.337 e. The standard InChI is InChI=1S/C14H21FN2O/c1-4-17(14(18)13(16)10(2)3)9-11-6-5-7-12(15)8-11/h5-8,10,13H,4,9,16H2,1-3H3. The van der Waals surface area contributed by atoms with Gasteiger partial charge in [-0.15, -0.1) is 0 Å². The Labute approximate surface area is 108 Å². The first-order chi connectivity index (χ1) is 8.45. The topological polar surface area (TPSA) is 46.3 Å². The highest BCUT2D eigenvalue weighted by atomic mass is 19.1. The number of nitrogens with two attached hydrogens (primary N) is 1. The number of hydrogen-bond donors (Lipinski definition) is 1. The zero-order chi connectivity index (χ0) is 13.7. The predicted molar refractivity (Wildman–Crippen MR) is 70.3 cm³/mol. The minimum absolute atomic E-state index is 0.0863. The highest BCUT2D eigenvalue weighted by molar-refractivity contribution is 5.81. The van der Waals surface area contributed by atoms with E-state index in [9.17, 15) is 9.18 Å². The number of nitrogens with zero attached hydrogens (tertiary/aromatic N) is 1. The summed E-state index contributed by atoms with van der Waals surface area (Å²) in [4.78, 5) is 13.8. The van der Waals surface area contributed by atoms with E-state index < -0.39 is 6.04 Å². The van der Waals surface area contributed by atoms with Crippen LogP contribution in [0.1, 0.15) is 26.3 Å². The molecule has 100 valence electrons. The van der Waals surface area contributed by atoms with Gasteiger partial charge in [-0.05, 0) is 30.5 Å². The maximum Gasteiger partial charge on any atom is 0.240 e. The average Bonchev–Trinajstić information content (AvgIpc) is 2.34. The van der Waals surface area contributed by atoms with Crippen LogP contribution >= 0.6 is 0 Å². The van der Waals surface area contributed by atoms with Crippen molar-refractivity contribution in [2.75, 3.05) is 6.54 Å². The first kappa shape index (κ1) is 14.6. The summed E-state index contributed by atoms with van der Waals surface area (Å²) in [7, 11) is 0. The molecule has 0 spiro atoms. The van der Waals surface area contributed by atoms with Gasteiger partial charge in [0.05, 0.1) is 6.04 Å². The first-order valence-electron chi connectivity index (χ1n) is 6.24.